The van der Waals surface area contributed by atoms with Gasteiger partial charge in [-0.05, 0) is 61.7 Å². The van der Waals surface area contributed by atoms with Crippen molar-refractivity contribution in [2.24, 2.45) is 0 Å². The van der Waals surface area contributed by atoms with Gasteiger partial charge in [-0.1, -0.05) is 19.1 Å². The number of carbonyl (C=O) groups excluding carboxylic acids is 2. The van der Waals surface area contributed by atoms with Crippen LogP contribution in [0.25, 0.3) is 0 Å². The molecule has 6 nitrogen and oxygen atoms in total. The molecule has 0 spiro atoms. The molecular weight excluding hydrogens is 382 g/mol. The van der Waals surface area contributed by atoms with Gasteiger partial charge in [0.1, 0.15) is 0 Å². The third kappa shape index (κ3) is 3.77. The number of amides is 1. The Hall–Kier alpha value is -3.28. The Kier molecular flexibility index (Phi) is 6.15. The van der Waals surface area contributed by atoms with Crippen molar-refractivity contribution in [3.63, 3.8) is 0 Å². The lowest BCUT2D eigenvalue weighted by atomic mass is 9.94. The summed E-state index contributed by atoms with van der Waals surface area (Å²) in [4.78, 5) is 27.3. The molecule has 0 fully saturated rings. The van der Waals surface area contributed by atoms with Gasteiger partial charge in [-0.15, -0.1) is 0 Å². The highest BCUT2D eigenvalue weighted by molar-refractivity contribution is 6.16. The van der Waals surface area contributed by atoms with Crippen LogP contribution >= 0.6 is 0 Å². The average molecular weight is 409 g/mol. The highest BCUT2D eigenvalue weighted by Gasteiger charge is 2.44. The van der Waals surface area contributed by atoms with Crippen molar-refractivity contribution in [3.8, 4) is 11.5 Å². The first-order valence-corrected chi connectivity index (χ1v) is 10.0. The average Bonchev–Trinajstić information content (AvgIpc) is 2.98. The second-order valence-electron chi connectivity index (χ2n) is 7.31. The molecule has 2 aromatic carbocycles. The maximum atomic E-state index is 13.1. The predicted octanol–water partition coefficient (Wildman–Crippen LogP) is 4.59. The number of Topliss-reactive ketones (excluding diaryl/α,β-unsaturated/α-hetero) is 1. The summed E-state index contributed by atoms with van der Waals surface area (Å²) >= 11 is 0. The number of aryl methyl sites for hydroxylation is 2. The van der Waals surface area contributed by atoms with E-state index in [9.17, 15) is 14.7 Å². The first kappa shape index (κ1) is 21.4. The predicted molar refractivity (Wildman–Crippen MR) is 115 cm³/mol. The molecule has 1 atom stereocenters. The highest BCUT2D eigenvalue weighted by Crippen LogP contribution is 2.43. The van der Waals surface area contributed by atoms with E-state index in [0.29, 0.717) is 29.4 Å². The van der Waals surface area contributed by atoms with Crippen molar-refractivity contribution in [2.45, 2.75) is 40.2 Å². The largest absolute Gasteiger partial charge is 0.503 e. The van der Waals surface area contributed by atoms with Gasteiger partial charge in [0.2, 0.25) is 0 Å². The third-order valence-electron chi connectivity index (χ3n) is 5.12. The molecule has 1 aliphatic rings. The van der Waals surface area contributed by atoms with E-state index in [1.807, 2.05) is 39.0 Å². The number of aliphatic hydroxyl groups excluding tert-OH is 1. The summed E-state index contributed by atoms with van der Waals surface area (Å²) in [5.41, 5.74) is 3.36. The van der Waals surface area contributed by atoms with Crippen LogP contribution in [0, 0.1) is 13.8 Å². The van der Waals surface area contributed by atoms with Crippen molar-refractivity contribution in [1.29, 1.82) is 0 Å². The van der Waals surface area contributed by atoms with E-state index in [1.54, 1.807) is 32.2 Å². The molecule has 0 saturated carbocycles. The smallest absolute Gasteiger partial charge is 0.294 e. The molecule has 0 aliphatic carbocycles. The van der Waals surface area contributed by atoms with Crippen molar-refractivity contribution >= 4 is 17.4 Å². The molecule has 0 radical (unpaired) electrons. The van der Waals surface area contributed by atoms with Crippen LogP contribution in [-0.2, 0) is 9.59 Å². The van der Waals surface area contributed by atoms with Gasteiger partial charge in [0.15, 0.2) is 23.0 Å². The minimum absolute atomic E-state index is 0.106. The molecule has 3 rings (SSSR count). The van der Waals surface area contributed by atoms with E-state index >= 15 is 0 Å². The number of nitrogens with zero attached hydrogens (tertiary/aromatic N) is 1. The summed E-state index contributed by atoms with van der Waals surface area (Å²) in [6.45, 7) is 7.90. The van der Waals surface area contributed by atoms with Gasteiger partial charge in [-0.25, -0.2) is 0 Å². The summed E-state index contributed by atoms with van der Waals surface area (Å²) in [6.07, 6.45) is 0.179. The Balaban J connectivity index is 2.22. The van der Waals surface area contributed by atoms with Crippen LogP contribution in [0.1, 0.15) is 43.0 Å². The SMILES string of the molecule is CCOc1cc(C2C(C(=O)CC)=C(O)C(=O)N2c2cc(C)cc(C)c2)ccc1OC. The Labute approximate surface area is 176 Å². The van der Waals surface area contributed by atoms with E-state index in [2.05, 4.69) is 0 Å². The van der Waals surface area contributed by atoms with Crippen molar-refractivity contribution in [2.75, 3.05) is 18.6 Å². The number of anilines is 1. The minimum Gasteiger partial charge on any atom is -0.503 e. The molecule has 30 heavy (non-hydrogen) atoms. The maximum Gasteiger partial charge on any atom is 0.294 e. The molecule has 2 aromatic rings. The molecule has 6 heteroatoms. The lowest BCUT2D eigenvalue weighted by Gasteiger charge is -2.28. The van der Waals surface area contributed by atoms with Crippen molar-refractivity contribution in [1.82, 2.24) is 0 Å². The van der Waals surface area contributed by atoms with Gasteiger partial charge in [-0.2, -0.15) is 0 Å². The van der Waals surface area contributed by atoms with E-state index in [-0.39, 0.29) is 17.8 Å². The van der Waals surface area contributed by atoms with E-state index in [4.69, 9.17) is 9.47 Å². The van der Waals surface area contributed by atoms with Gasteiger partial charge in [0.25, 0.3) is 5.91 Å². The second-order valence-corrected chi connectivity index (χ2v) is 7.31. The number of carbonyl (C=O) groups is 2. The summed E-state index contributed by atoms with van der Waals surface area (Å²) in [5.74, 6) is -0.290. The molecule has 1 N–H and O–H groups in total. The molecule has 0 aromatic heterocycles. The number of methoxy groups -OCH3 is 1. The van der Waals surface area contributed by atoms with Crippen molar-refractivity contribution < 1.29 is 24.2 Å². The number of benzene rings is 2. The fraction of sp³-hybridized carbons (Fsp3) is 0.333. The quantitative estimate of drug-likeness (QED) is 0.724. The Bertz CT molecular complexity index is 1000. The number of ketones is 1. The monoisotopic (exact) mass is 409 g/mol. The molecule has 1 unspecified atom stereocenters. The zero-order valence-corrected chi connectivity index (χ0v) is 18.0. The number of rotatable bonds is 7. The molecular formula is C24H27NO5. The van der Waals surface area contributed by atoms with Crippen LogP contribution in [-0.4, -0.2) is 30.5 Å². The number of aliphatic hydroxyl groups is 1. The lowest BCUT2D eigenvalue weighted by Crippen LogP contribution is -2.31. The number of hydrogen-bond donors (Lipinski definition) is 1. The molecule has 1 aliphatic heterocycles. The van der Waals surface area contributed by atoms with Crippen LogP contribution in [0.4, 0.5) is 5.69 Å². The standard InChI is InChI=1S/C24H27NO5/c1-6-18(26)21-22(16-8-9-19(29-5)20(13-16)30-7-2)25(24(28)23(21)27)17-11-14(3)10-15(4)12-17/h8-13,22,27H,6-7H2,1-5H3. The van der Waals surface area contributed by atoms with E-state index < -0.39 is 17.7 Å². The Morgan fingerprint density at radius 3 is 2.30 bits per heavy atom. The van der Waals surface area contributed by atoms with Gasteiger partial charge in [-0.3, -0.25) is 14.5 Å². The topological polar surface area (TPSA) is 76.1 Å². The fourth-order valence-electron chi connectivity index (χ4n) is 3.88. The van der Waals surface area contributed by atoms with Crippen LogP contribution in [0.2, 0.25) is 0 Å². The van der Waals surface area contributed by atoms with Crippen LogP contribution < -0.4 is 14.4 Å². The molecule has 0 bridgehead atoms. The first-order valence-electron chi connectivity index (χ1n) is 10.0. The molecule has 0 saturated heterocycles. The zero-order chi connectivity index (χ0) is 22.0. The molecule has 158 valence electrons. The number of hydrogen-bond acceptors (Lipinski definition) is 5. The summed E-state index contributed by atoms with van der Waals surface area (Å²) in [5, 5.41) is 10.6. The minimum atomic E-state index is -0.753. The van der Waals surface area contributed by atoms with E-state index in [1.165, 1.54) is 4.90 Å². The van der Waals surface area contributed by atoms with Crippen LogP contribution in [0.15, 0.2) is 47.7 Å². The van der Waals surface area contributed by atoms with Gasteiger partial charge >= 0.3 is 0 Å². The Morgan fingerprint density at radius 2 is 1.73 bits per heavy atom. The molecule has 1 amide bonds. The van der Waals surface area contributed by atoms with Gasteiger partial charge in [0.05, 0.1) is 25.3 Å². The third-order valence-corrected chi connectivity index (χ3v) is 5.12. The van der Waals surface area contributed by atoms with Crippen LogP contribution in [0.3, 0.4) is 0 Å². The summed E-state index contributed by atoms with van der Waals surface area (Å²) in [6, 6.07) is 10.3. The van der Waals surface area contributed by atoms with Gasteiger partial charge in [0, 0.05) is 12.1 Å². The normalized spacial score (nSPS) is 16.2. The molecule has 1 heterocycles. The summed E-state index contributed by atoms with van der Waals surface area (Å²) < 4.78 is 11.1. The Morgan fingerprint density at radius 1 is 1.07 bits per heavy atom. The highest BCUT2D eigenvalue weighted by atomic mass is 16.5. The first-order chi connectivity index (χ1) is 14.3. The van der Waals surface area contributed by atoms with E-state index in [0.717, 1.165) is 11.1 Å². The fourth-order valence-corrected chi connectivity index (χ4v) is 3.88. The lowest BCUT2D eigenvalue weighted by molar-refractivity contribution is -0.118. The van der Waals surface area contributed by atoms with Crippen LogP contribution in [0.5, 0.6) is 11.5 Å². The number of ether oxygens (including phenoxy) is 2. The second kappa shape index (κ2) is 8.61. The van der Waals surface area contributed by atoms with Crippen molar-refractivity contribution in [3.05, 3.63) is 64.4 Å². The zero-order valence-electron chi connectivity index (χ0n) is 18.0. The van der Waals surface area contributed by atoms with Gasteiger partial charge < -0.3 is 14.6 Å². The summed E-state index contributed by atoms with van der Waals surface area (Å²) in [7, 11) is 1.55. The maximum absolute atomic E-state index is 13.1.